The van der Waals surface area contributed by atoms with E-state index in [-0.39, 0.29) is 4.58 Å². The Bertz CT molecular complexity index is 322. The molecule has 0 aliphatic heterocycles. The van der Waals surface area contributed by atoms with Crippen LogP contribution in [0.3, 0.4) is 0 Å². The smallest absolute Gasteiger partial charge is 0.134 e. The maximum atomic E-state index is 8.48. The fraction of sp³-hybridized carbons (Fsp3) is 0.222. The average Bonchev–Trinajstić information content (AvgIpc) is 2.18. The summed E-state index contributed by atoms with van der Waals surface area (Å²) in [5.41, 5.74) is 0.930. The molecule has 4 heteroatoms. The van der Waals surface area contributed by atoms with Crippen LogP contribution in [0.2, 0.25) is 0 Å². The summed E-state index contributed by atoms with van der Waals surface area (Å²) < 4.78 is 4.99. The zero-order valence-corrected chi connectivity index (χ0v) is 8.81. The number of benzene rings is 1. The molecular formula is C9H9NOS2. The van der Waals surface area contributed by atoms with Crippen LogP contribution >= 0.6 is 24.4 Å². The summed E-state index contributed by atoms with van der Waals surface area (Å²) >= 11 is 5.39. The number of hydrogen-bond donors (Lipinski definition) is 1. The van der Waals surface area contributed by atoms with E-state index in [4.69, 9.17) is 10.00 Å². The van der Waals surface area contributed by atoms with E-state index in [2.05, 4.69) is 12.6 Å². The summed E-state index contributed by atoms with van der Waals surface area (Å²) in [7, 11) is 1.61. The maximum Gasteiger partial charge on any atom is 0.134 e. The molecule has 1 aromatic rings. The van der Waals surface area contributed by atoms with Gasteiger partial charge in [-0.1, -0.05) is 18.2 Å². The number of methoxy groups -OCH3 is 1. The van der Waals surface area contributed by atoms with E-state index in [1.807, 2.05) is 29.7 Å². The van der Waals surface area contributed by atoms with Gasteiger partial charge in [0.25, 0.3) is 0 Å². The number of nitrogens with zero attached hydrogens (tertiary/aromatic N) is 1. The zero-order valence-electron chi connectivity index (χ0n) is 7.10. The normalized spacial score (nSPS) is 11.8. The molecule has 0 heterocycles. The van der Waals surface area contributed by atoms with Gasteiger partial charge in [0.05, 0.1) is 11.7 Å². The molecule has 0 aliphatic rings. The van der Waals surface area contributed by atoms with Gasteiger partial charge in [0, 0.05) is 5.56 Å². The Morgan fingerprint density at radius 1 is 1.54 bits per heavy atom. The Morgan fingerprint density at radius 3 is 2.85 bits per heavy atom. The van der Waals surface area contributed by atoms with Gasteiger partial charge in [-0.25, -0.2) is 0 Å². The molecule has 0 saturated carbocycles. The molecule has 0 radical (unpaired) electrons. The van der Waals surface area contributed by atoms with E-state index in [0.717, 1.165) is 23.1 Å². The summed E-state index contributed by atoms with van der Waals surface area (Å²) in [6.07, 6.45) is 0. The first-order valence-corrected chi connectivity index (χ1v) is 5.05. The monoisotopic (exact) mass is 211 g/mol. The number of thioether (sulfide) groups is 1. The molecule has 0 amide bonds. The third-order valence-corrected chi connectivity index (χ3v) is 2.75. The van der Waals surface area contributed by atoms with E-state index < -0.39 is 0 Å². The lowest BCUT2D eigenvalue weighted by atomic mass is 10.2. The van der Waals surface area contributed by atoms with Crippen LogP contribution in [-0.4, -0.2) is 7.11 Å². The van der Waals surface area contributed by atoms with E-state index in [0.29, 0.717) is 0 Å². The molecule has 0 bridgehead atoms. The Balaban J connectivity index is 2.93. The van der Waals surface area contributed by atoms with Gasteiger partial charge in [0.15, 0.2) is 0 Å². The molecule has 0 aromatic heterocycles. The number of rotatable bonds is 3. The van der Waals surface area contributed by atoms with Crippen LogP contribution in [0.4, 0.5) is 0 Å². The SMILES string of the molecule is COc1ccccc1C(S)SC#N. The molecule has 0 spiro atoms. The molecule has 1 atom stereocenters. The van der Waals surface area contributed by atoms with E-state index in [9.17, 15) is 0 Å². The minimum atomic E-state index is -0.152. The van der Waals surface area contributed by atoms with Gasteiger partial charge >= 0.3 is 0 Å². The van der Waals surface area contributed by atoms with Crippen molar-refractivity contribution in [3.63, 3.8) is 0 Å². The predicted octanol–water partition coefficient (Wildman–Crippen LogP) is 2.84. The fourth-order valence-corrected chi connectivity index (χ4v) is 1.76. The quantitative estimate of drug-likeness (QED) is 0.474. The first-order valence-electron chi connectivity index (χ1n) is 3.65. The van der Waals surface area contributed by atoms with Crippen molar-refractivity contribution in [3.8, 4) is 11.2 Å². The van der Waals surface area contributed by atoms with Crippen molar-refractivity contribution >= 4 is 24.4 Å². The Kier molecular flexibility index (Phi) is 4.00. The van der Waals surface area contributed by atoms with Crippen molar-refractivity contribution in [1.29, 1.82) is 5.26 Å². The summed E-state index contributed by atoms with van der Waals surface area (Å²) in [4.78, 5) is 0. The van der Waals surface area contributed by atoms with Gasteiger partial charge in [-0.15, -0.1) is 0 Å². The van der Waals surface area contributed by atoms with E-state index in [1.54, 1.807) is 7.11 Å². The molecule has 0 N–H and O–H groups in total. The molecule has 13 heavy (non-hydrogen) atoms. The summed E-state index contributed by atoms with van der Waals surface area (Å²) in [5, 5.41) is 10.5. The predicted molar refractivity (Wildman–Crippen MR) is 57.9 cm³/mol. The number of nitriles is 1. The van der Waals surface area contributed by atoms with Gasteiger partial charge in [-0.3, -0.25) is 0 Å². The second kappa shape index (κ2) is 5.05. The van der Waals surface area contributed by atoms with Gasteiger partial charge in [-0.2, -0.15) is 17.9 Å². The van der Waals surface area contributed by atoms with Crippen molar-refractivity contribution in [2.45, 2.75) is 4.58 Å². The summed E-state index contributed by atoms with van der Waals surface area (Å²) in [5.74, 6) is 0.769. The molecule has 0 saturated heterocycles. The van der Waals surface area contributed by atoms with Crippen molar-refractivity contribution in [2.75, 3.05) is 7.11 Å². The Hall–Kier alpha value is -0.790. The van der Waals surface area contributed by atoms with Crippen LogP contribution in [0, 0.1) is 10.7 Å². The lowest BCUT2D eigenvalue weighted by Crippen LogP contribution is -1.91. The van der Waals surface area contributed by atoms with E-state index >= 15 is 0 Å². The van der Waals surface area contributed by atoms with E-state index in [1.165, 1.54) is 0 Å². The van der Waals surface area contributed by atoms with Crippen LogP contribution in [0.5, 0.6) is 5.75 Å². The third-order valence-electron chi connectivity index (χ3n) is 1.57. The minimum Gasteiger partial charge on any atom is -0.496 e. The van der Waals surface area contributed by atoms with Gasteiger partial charge < -0.3 is 4.74 Å². The zero-order chi connectivity index (χ0) is 9.68. The topological polar surface area (TPSA) is 33.0 Å². The standard InChI is InChI=1S/C9H9NOS2/c1-11-8-5-3-2-4-7(8)9(12)13-6-10/h2-5,9,12H,1H3. The highest BCUT2D eigenvalue weighted by Crippen LogP contribution is 2.36. The average molecular weight is 211 g/mol. The first kappa shape index (κ1) is 10.3. The van der Waals surface area contributed by atoms with Crippen LogP contribution in [-0.2, 0) is 0 Å². The number of para-hydroxylation sites is 1. The second-order valence-corrected chi connectivity index (χ2v) is 4.06. The molecule has 1 unspecified atom stereocenters. The number of hydrogen-bond acceptors (Lipinski definition) is 4. The van der Waals surface area contributed by atoms with Gasteiger partial charge in [0.2, 0.25) is 0 Å². The second-order valence-electron chi connectivity index (χ2n) is 2.30. The molecule has 2 nitrogen and oxygen atoms in total. The van der Waals surface area contributed by atoms with Crippen molar-refractivity contribution < 1.29 is 4.74 Å². The number of thiocyanates is 1. The Labute approximate surface area is 87.3 Å². The lowest BCUT2D eigenvalue weighted by Gasteiger charge is -2.10. The maximum absolute atomic E-state index is 8.48. The molecule has 0 aliphatic carbocycles. The first-order chi connectivity index (χ1) is 6.29. The van der Waals surface area contributed by atoms with Crippen LogP contribution in [0.1, 0.15) is 10.1 Å². The van der Waals surface area contributed by atoms with Gasteiger partial charge in [0.1, 0.15) is 11.2 Å². The summed E-state index contributed by atoms with van der Waals surface area (Å²) in [6.45, 7) is 0. The van der Waals surface area contributed by atoms with Crippen LogP contribution in [0.25, 0.3) is 0 Å². The van der Waals surface area contributed by atoms with Crippen LogP contribution < -0.4 is 4.74 Å². The largest absolute Gasteiger partial charge is 0.496 e. The number of thiol groups is 1. The highest BCUT2D eigenvalue weighted by Gasteiger charge is 2.11. The van der Waals surface area contributed by atoms with Gasteiger partial charge in [-0.05, 0) is 17.8 Å². The Morgan fingerprint density at radius 2 is 2.23 bits per heavy atom. The molecule has 1 rings (SSSR count). The minimum absolute atomic E-state index is 0.152. The van der Waals surface area contributed by atoms with Crippen molar-refractivity contribution in [1.82, 2.24) is 0 Å². The molecule has 0 fully saturated rings. The van der Waals surface area contributed by atoms with Crippen molar-refractivity contribution in [3.05, 3.63) is 29.8 Å². The fourth-order valence-electron chi connectivity index (χ4n) is 0.984. The summed E-state index contributed by atoms with van der Waals surface area (Å²) in [6, 6.07) is 7.55. The number of ether oxygens (including phenoxy) is 1. The third kappa shape index (κ3) is 2.58. The molecule has 1 aromatic carbocycles. The highest BCUT2D eigenvalue weighted by atomic mass is 32.2. The molecule has 68 valence electrons. The molecular weight excluding hydrogens is 202 g/mol. The van der Waals surface area contributed by atoms with Crippen LogP contribution in [0.15, 0.2) is 24.3 Å². The van der Waals surface area contributed by atoms with Crippen molar-refractivity contribution in [2.24, 2.45) is 0 Å². The lowest BCUT2D eigenvalue weighted by molar-refractivity contribution is 0.411. The highest BCUT2D eigenvalue weighted by molar-refractivity contribution is 8.12.